The first-order valence-corrected chi connectivity index (χ1v) is 10.4. The minimum absolute atomic E-state index is 0.193. The number of anilines is 1. The highest BCUT2D eigenvalue weighted by Gasteiger charge is 2.20. The van der Waals surface area contributed by atoms with E-state index in [1.54, 1.807) is 6.21 Å². The van der Waals surface area contributed by atoms with Gasteiger partial charge >= 0.3 is 0 Å². The van der Waals surface area contributed by atoms with Crippen molar-refractivity contribution in [2.45, 2.75) is 39.8 Å². The Hall–Kier alpha value is -3.40. The summed E-state index contributed by atoms with van der Waals surface area (Å²) in [5.41, 5.74) is 10.4. The molecule has 4 nitrogen and oxygen atoms in total. The van der Waals surface area contributed by atoms with Crippen LogP contribution in [0.15, 0.2) is 71.8 Å². The summed E-state index contributed by atoms with van der Waals surface area (Å²) in [6, 6.07) is 22.7. The van der Waals surface area contributed by atoms with Crippen molar-refractivity contribution in [1.82, 2.24) is 5.43 Å². The SMILES string of the molecule is Cc1ccc(N2Cc3ccc(C(=O)N/N=C/c4ccc(C(C)C)cc4)cc3C2)cc1. The van der Waals surface area contributed by atoms with Crippen LogP contribution in [-0.2, 0) is 13.1 Å². The number of nitrogens with zero attached hydrogens (tertiary/aromatic N) is 2. The number of hydrogen-bond acceptors (Lipinski definition) is 3. The van der Waals surface area contributed by atoms with Gasteiger partial charge in [-0.15, -0.1) is 0 Å². The summed E-state index contributed by atoms with van der Waals surface area (Å²) in [5, 5.41) is 4.12. The lowest BCUT2D eigenvalue weighted by molar-refractivity contribution is 0.0955. The molecule has 4 rings (SSSR count). The van der Waals surface area contributed by atoms with E-state index < -0.39 is 0 Å². The van der Waals surface area contributed by atoms with Crippen LogP contribution in [-0.4, -0.2) is 12.1 Å². The van der Waals surface area contributed by atoms with E-state index in [1.165, 1.54) is 27.9 Å². The summed E-state index contributed by atoms with van der Waals surface area (Å²) in [4.78, 5) is 14.9. The van der Waals surface area contributed by atoms with E-state index in [0.29, 0.717) is 11.5 Å². The summed E-state index contributed by atoms with van der Waals surface area (Å²) < 4.78 is 0. The van der Waals surface area contributed by atoms with Crippen LogP contribution in [0, 0.1) is 6.92 Å². The molecule has 0 aromatic heterocycles. The number of nitrogens with one attached hydrogen (secondary N) is 1. The van der Waals surface area contributed by atoms with Crippen molar-refractivity contribution in [3.8, 4) is 0 Å². The molecule has 4 heteroatoms. The summed E-state index contributed by atoms with van der Waals surface area (Å²) in [6.45, 7) is 8.10. The van der Waals surface area contributed by atoms with Gasteiger partial charge in [-0.2, -0.15) is 5.10 Å². The molecule has 152 valence electrons. The quantitative estimate of drug-likeness (QED) is 0.463. The van der Waals surface area contributed by atoms with E-state index in [-0.39, 0.29) is 5.91 Å². The summed E-state index contributed by atoms with van der Waals surface area (Å²) in [6.07, 6.45) is 1.68. The number of aryl methyl sites for hydroxylation is 1. The maximum atomic E-state index is 12.5. The molecule has 0 spiro atoms. The first-order chi connectivity index (χ1) is 14.5. The van der Waals surface area contributed by atoms with Crippen LogP contribution in [0.5, 0.6) is 0 Å². The van der Waals surface area contributed by atoms with Crippen molar-refractivity contribution in [1.29, 1.82) is 0 Å². The third kappa shape index (κ3) is 4.43. The van der Waals surface area contributed by atoms with Gasteiger partial charge in [0.2, 0.25) is 0 Å². The molecule has 0 saturated heterocycles. The zero-order chi connectivity index (χ0) is 21.1. The van der Waals surface area contributed by atoms with Crippen LogP contribution in [0.2, 0.25) is 0 Å². The van der Waals surface area contributed by atoms with Gasteiger partial charge in [-0.25, -0.2) is 5.43 Å². The number of carbonyl (C=O) groups is 1. The minimum Gasteiger partial charge on any atom is -0.363 e. The van der Waals surface area contributed by atoms with Crippen LogP contribution < -0.4 is 10.3 Å². The average molecular weight is 398 g/mol. The highest BCUT2D eigenvalue weighted by Crippen LogP contribution is 2.29. The molecule has 0 radical (unpaired) electrons. The number of benzene rings is 3. The fraction of sp³-hybridized carbons (Fsp3) is 0.231. The molecule has 3 aromatic carbocycles. The number of fused-ring (bicyclic) bond motifs is 1. The van der Waals surface area contributed by atoms with Crippen molar-refractivity contribution >= 4 is 17.8 Å². The molecule has 1 amide bonds. The van der Waals surface area contributed by atoms with Crippen LogP contribution >= 0.6 is 0 Å². The van der Waals surface area contributed by atoms with Gasteiger partial charge < -0.3 is 4.90 Å². The third-order valence-electron chi connectivity index (χ3n) is 5.57. The Morgan fingerprint density at radius 3 is 2.37 bits per heavy atom. The lowest BCUT2D eigenvalue weighted by atomic mass is 10.0. The van der Waals surface area contributed by atoms with Crippen molar-refractivity contribution in [2.24, 2.45) is 5.10 Å². The van der Waals surface area contributed by atoms with Gasteiger partial charge in [0.05, 0.1) is 6.21 Å². The van der Waals surface area contributed by atoms with Gasteiger partial charge in [-0.3, -0.25) is 4.79 Å². The fourth-order valence-electron chi connectivity index (χ4n) is 3.67. The highest BCUT2D eigenvalue weighted by molar-refractivity contribution is 5.95. The van der Waals surface area contributed by atoms with E-state index >= 15 is 0 Å². The Balaban J connectivity index is 1.39. The van der Waals surface area contributed by atoms with E-state index in [1.807, 2.05) is 30.3 Å². The van der Waals surface area contributed by atoms with E-state index in [9.17, 15) is 4.79 Å². The average Bonchev–Trinajstić information content (AvgIpc) is 3.18. The normalized spacial score (nSPS) is 13.1. The molecule has 1 aliphatic heterocycles. The molecule has 0 fully saturated rings. The maximum absolute atomic E-state index is 12.5. The van der Waals surface area contributed by atoms with Gasteiger partial charge in [0.15, 0.2) is 0 Å². The largest absolute Gasteiger partial charge is 0.363 e. The topological polar surface area (TPSA) is 44.7 Å². The molecule has 0 atom stereocenters. The molecular formula is C26H27N3O. The molecule has 30 heavy (non-hydrogen) atoms. The van der Waals surface area contributed by atoms with Crippen LogP contribution in [0.25, 0.3) is 0 Å². The second-order valence-corrected chi connectivity index (χ2v) is 8.20. The third-order valence-corrected chi connectivity index (χ3v) is 5.57. The minimum atomic E-state index is -0.193. The Morgan fingerprint density at radius 1 is 0.967 bits per heavy atom. The predicted octanol–water partition coefficient (Wildman–Crippen LogP) is 5.40. The first-order valence-electron chi connectivity index (χ1n) is 10.4. The Bertz CT molecular complexity index is 1070. The fourth-order valence-corrected chi connectivity index (χ4v) is 3.67. The molecule has 0 bridgehead atoms. The van der Waals surface area contributed by atoms with Crippen molar-refractivity contribution in [3.05, 3.63) is 100 Å². The Morgan fingerprint density at radius 2 is 1.67 bits per heavy atom. The van der Waals surface area contributed by atoms with E-state index in [2.05, 4.69) is 72.6 Å². The first kappa shape index (κ1) is 19.9. The zero-order valence-corrected chi connectivity index (χ0v) is 17.7. The van der Waals surface area contributed by atoms with E-state index in [0.717, 1.165) is 18.7 Å². The smallest absolute Gasteiger partial charge is 0.271 e. The van der Waals surface area contributed by atoms with Gasteiger partial charge in [0.25, 0.3) is 5.91 Å². The van der Waals surface area contributed by atoms with Crippen molar-refractivity contribution < 1.29 is 4.79 Å². The molecule has 1 aliphatic rings. The summed E-state index contributed by atoms with van der Waals surface area (Å²) >= 11 is 0. The molecule has 1 heterocycles. The lowest BCUT2D eigenvalue weighted by Crippen LogP contribution is -2.18. The second kappa shape index (κ2) is 8.54. The maximum Gasteiger partial charge on any atom is 0.271 e. The monoisotopic (exact) mass is 397 g/mol. The standard InChI is InChI=1S/C26H27N3O/c1-18(2)21-8-6-20(7-9-21)15-27-28-26(30)22-10-11-23-16-29(17-24(23)14-22)25-12-4-19(3)5-13-25/h4-15,18H,16-17H2,1-3H3,(H,28,30)/b27-15+. The van der Waals surface area contributed by atoms with Crippen molar-refractivity contribution in [2.75, 3.05) is 4.90 Å². The van der Waals surface area contributed by atoms with Gasteiger partial charge in [-0.05, 0) is 59.4 Å². The summed E-state index contributed by atoms with van der Waals surface area (Å²) in [5.74, 6) is 0.305. The highest BCUT2D eigenvalue weighted by atomic mass is 16.2. The van der Waals surface area contributed by atoms with Gasteiger partial charge in [0, 0.05) is 24.3 Å². The van der Waals surface area contributed by atoms with Gasteiger partial charge in [-0.1, -0.05) is 61.9 Å². The molecule has 3 aromatic rings. The van der Waals surface area contributed by atoms with Crippen LogP contribution in [0.3, 0.4) is 0 Å². The molecule has 0 aliphatic carbocycles. The molecular weight excluding hydrogens is 370 g/mol. The number of carbonyl (C=O) groups excluding carboxylic acids is 1. The lowest BCUT2D eigenvalue weighted by Gasteiger charge is -2.17. The Labute approximate surface area is 178 Å². The second-order valence-electron chi connectivity index (χ2n) is 8.20. The number of hydrazone groups is 1. The number of rotatable bonds is 5. The molecule has 1 N–H and O–H groups in total. The molecule has 0 unspecified atom stereocenters. The van der Waals surface area contributed by atoms with Crippen LogP contribution in [0.4, 0.5) is 5.69 Å². The zero-order valence-electron chi connectivity index (χ0n) is 17.7. The summed E-state index contributed by atoms with van der Waals surface area (Å²) in [7, 11) is 0. The molecule has 0 saturated carbocycles. The number of amides is 1. The van der Waals surface area contributed by atoms with Crippen molar-refractivity contribution in [3.63, 3.8) is 0 Å². The Kier molecular flexibility index (Phi) is 5.66. The van der Waals surface area contributed by atoms with Crippen LogP contribution in [0.1, 0.15) is 57.9 Å². The van der Waals surface area contributed by atoms with Gasteiger partial charge in [0.1, 0.15) is 0 Å². The van der Waals surface area contributed by atoms with E-state index in [4.69, 9.17) is 0 Å². The predicted molar refractivity (Wildman–Crippen MR) is 123 cm³/mol. The number of hydrogen-bond donors (Lipinski definition) is 1.